The summed E-state index contributed by atoms with van der Waals surface area (Å²) in [6.07, 6.45) is 1.62. The first-order chi connectivity index (χ1) is 14.9. The number of ether oxygens (including phenoxy) is 2. The van der Waals surface area contributed by atoms with Crippen molar-refractivity contribution >= 4 is 33.3 Å². The number of benzene rings is 3. The maximum Gasteiger partial charge on any atom is 0.269 e. The number of rotatable bonds is 7. The van der Waals surface area contributed by atoms with Crippen molar-refractivity contribution in [2.24, 2.45) is 0 Å². The van der Waals surface area contributed by atoms with Crippen LogP contribution in [-0.2, 0) is 6.61 Å². The molecule has 0 aliphatic carbocycles. The zero-order valence-corrected chi connectivity index (χ0v) is 17.9. The molecule has 31 heavy (non-hydrogen) atoms. The second-order valence-corrected chi connectivity index (χ2v) is 7.27. The van der Waals surface area contributed by atoms with Gasteiger partial charge in [0.2, 0.25) is 0 Å². The Morgan fingerprint density at radius 3 is 2.65 bits per heavy atom. The van der Waals surface area contributed by atoms with Crippen molar-refractivity contribution in [3.05, 3.63) is 97.8 Å². The highest BCUT2D eigenvalue weighted by Gasteiger charge is 2.12. The van der Waals surface area contributed by atoms with Gasteiger partial charge < -0.3 is 9.47 Å². The van der Waals surface area contributed by atoms with Crippen LogP contribution in [0.4, 0.5) is 10.1 Å². The van der Waals surface area contributed by atoms with Gasteiger partial charge in [0.05, 0.1) is 23.7 Å². The molecule has 0 radical (unpaired) electrons. The third-order valence-electron chi connectivity index (χ3n) is 4.35. The zero-order chi connectivity index (χ0) is 22.4. The molecule has 0 N–H and O–H groups in total. The molecule has 8 heteroatoms. The number of methoxy groups -OCH3 is 1. The summed E-state index contributed by atoms with van der Waals surface area (Å²) in [5, 5.41) is 20.4. The third-order valence-corrected chi connectivity index (χ3v) is 5.04. The lowest BCUT2D eigenvalue weighted by molar-refractivity contribution is -0.384. The van der Waals surface area contributed by atoms with Crippen LogP contribution in [0.25, 0.3) is 11.6 Å². The first-order valence-corrected chi connectivity index (χ1v) is 9.82. The van der Waals surface area contributed by atoms with E-state index in [4.69, 9.17) is 9.47 Å². The van der Waals surface area contributed by atoms with Crippen molar-refractivity contribution in [2.45, 2.75) is 6.61 Å². The van der Waals surface area contributed by atoms with E-state index in [0.29, 0.717) is 32.7 Å². The number of halogens is 2. The fourth-order valence-corrected chi connectivity index (χ4v) is 3.28. The predicted octanol–water partition coefficient (Wildman–Crippen LogP) is 6.15. The molecule has 3 aromatic rings. The number of hydrogen-bond donors (Lipinski definition) is 0. The van der Waals surface area contributed by atoms with Crippen LogP contribution in [0.3, 0.4) is 0 Å². The highest BCUT2D eigenvalue weighted by atomic mass is 79.9. The molecule has 0 saturated heterocycles. The molecule has 0 heterocycles. The maximum atomic E-state index is 13.5. The molecule has 0 spiro atoms. The van der Waals surface area contributed by atoms with E-state index >= 15 is 0 Å². The van der Waals surface area contributed by atoms with E-state index < -0.39 is 10.7 Å². The molecule has 3 aromatic carbocycles. The lowest BCUT2D eigenvalue weighted by atomic mass is 10.0. The number of non-ortho nitro benzene ring substituents is 1. The Morgan fingerprint density at radius 2 is 1.97 bits per heavy atom. The monoisotopic (exact) mass is 482 g/mol. The molecule has 0 unspecified atom stereocenters. The van der Waals surface area contributed by atoms with Crippen molar-refractivity contribution in [3.8, 4) is 17.6 Å². The molecule has 0 fully saturated rings. The highest BCUT2D eigenvalue weighted by Crippen LogP contribution is 2.36. The molecule has 156 valence electrons. The molecule has 3 rings (SSSR count). The number of allylic oxidation sites excluding steroid dienone is 1. The van der Waals surface area contributed by atoms with Crippen LogP contribution >= 0.6 is 15.9 Å². The van der Waals surface area contributed by atoms with Crippen molar-refractivity contribution in [2.75, 3.05) is 7.11 Å². The fraction of sp³-hybridized carbons (Fsp3) is 0.0870. The standard InChI is InChI=1S/C23H16BrFN2O4/c1-30-22-11-17(9-18(13-26)16-5-3-6-19(25)10-16)21(24)12-23(22)31-14-15-4-2-7-20(8-15)27(28)29/h2-12H,14H2,1H3. The Kier molecular flexibility index (Phi) is 7.00. The Labute approximate surface area is 186 Å². The molecule has 0 aliphatic rings. The summed E-state index contributed by atoms with van der Waals surface area (Å²) < 4.78 is 25.4. The molecule has 0 aliphatic heterocycles. The number of nitro benzene ring substituents is 1. The maximum absolute atomic E-state index is 13.5. The second kappa shape index (κ2) is 9.87. The Hall–Kier alpha value is -3.70. The third kappa shape index (κ3) is 5.47. The minimum Gasteiger partial charge on any atom is -0.493 e. The van der Waals surface area contributed by atoms with Crippen LogP contribution in [0.5, 0.6) is 11.5 Å². The first kappa shape index (κ1) is 22.0. The van der Waals surface area contributed by atoms with E-state index in [0.717, 1.165) is 0 Å². The van der Waals surface area contributed by atoms with Gasteiger partial charge in [-0.05, 0) is 47.0 Å². The van der Waals surface area contributed by atoms with E-state index in [2.05, 4.69) is 22.0 Å². The van der Waals surface area contributed by atoms with Gasteiger partial charge in [0.15, 0.2) is 11.5 Å². The summed E-state index contributed by atoms with van der Waals surface area (Å²) in [6.45, 7) is 0.104. The highest BCUT2D eigenvalue weighted by molar-refractivity contribution is 9.10. The number of nitro groups is 1. The number of nitrogens with zero attached hydrogens (tertiary/aromatic N) is 2. The summed E-state index contributed by atoms with van der Waals surface area (Å²) in [6, 6.07) is 17.4. The molecule has 0 saturated carbocycles. The van der Waals surface area contributed by atoms with Crippen LogP contribution in [0.2, 0.25) is 0 Å². The molecule has 0 amide bonds. The normalized spacial score (nSPS) is 11.0. The average molecular weight is 483 g/mol. The van der Waals surface area contributed by atoms with Gasteiger partial charge in [-0.2, -0.15) is 5.26 Å². The fourth-order valence-electron chi connectivity index (χ4n) is 2.85. The topological polar surface area (TPSA) is 85.4 Å². The van der Waals surface area contributed by atoms with Gasteiger partial charge in [-0.25, -0.2) is 4.39 Å². The van der Waals surface area contributed by atoms with Crippen LogP contribution in [0.1, 0.15) is 16.7 Å². The summed E-state index contributed by atoms with van der Waals surface area (Å²) in [7, 11) is 1.48. The smallest absolute Gasteiger partial charge is 0.269 e. The molecule has 0 bridgehead atoms. The number of nitriles is 1. The van der Waals surface area contributed by atoms with Gasteiger partial charge in [-0.1, -0.05) is 40.2 Å². The molecule has 6 nitrogen and oxygen atoms in total. The molecule has 0 aromatic heterocycles. The summed E-state index contributed by atoms with van der Waals surface area (Å²) in [5.74, 6) is 0.402. The lowest BCUT2D eigenvalue weighted by Gasteiger charge is -2.13. The van der Waals surface area contributed by atoms with Gasteiger partial charge >= 0.3 is 0 Å². The molecular weight excluding hydrogens is 467 g/mol. The summed E-state index contributed by atoms with van der Waals surface area (Å²) in [5.41, 5.74) is 2.00. The van der Waals surface area contributed by atoms with Crippen LogP contribution in [0, 0.1) is 27.3 Å². The number of hydrogen-bond acceptors (Lipinski definition) is 5. The van der Waals surface area contributed by atoms with E-state index in [1.54, 1.807) is 36.4 Å². The van der Waals surface area contributed by atoms with Gasteiger partial charge in [0.25, 0.3) is 5.69 Å². The van der Waals surface area contributed by atoms with E-state index in [-0.39, 0.29) is 17.9 Å². The van der Waals surface area contributed by atoms with Crippen molar-refractivity contribution in [1.82, 2.24) is 0 Å². The van der Waals surface area contributed by atoms with Crippen molar-refractivity contribution in [3.63, 3.8) is 0 Å². The largest absolute Gasteiger partial charge is 0.493 e. The quantitative estimate of drug-likeness (QED) is 0.174. The van der Waals surface area contributed by atoms with Crippen LogP contribution in [-0.4, -0.2) is 12.0 Å². The minimum atomic E-state index is -0.465. The Morgan fingerprint density at radius 1 is 1.19 bits per heavy atom. The second-order valence-electron chi connectivity index (χ2n) is 6.42. The Bertz CT molecular complexity index is 1200. The Balaban J connectivity index is 1.89. The van der Waals surface area contributed by atoms with Gasteiger partial charge in [0.1, 0.15) is 12.4 Å². The van der Waals surface area contributed by atoms with Crippen molar-refractivity contribution in [1.29, 1.82) is 5.26 Å². The van der Waals surface area contributed by atoms with E-state index in [9.17, 15) is 19.8 Å². The van der Waals surface area contributed by atoms with Crippen LogP contribution < -0.4 is 9.47 Å². The van der Waals surface area contributed by atoms with Gasteiger partial charge in [-0.3, -0.25) is 10.1 Å². The summed E-state index contributed by atoms with van der Waals surface area (Å²) >= 11 is 3.46. The lowest BCUT2D eigenvalue weighted by Crippen LogP contribution is -1.99. The van der Waals surface area contributed by atoms with E-state index in [1.807, 2.05) is 0 Å². The zero-order valence-electron chi connectivity index (χ0n) is 16.3. The van der Waals surface area contributed by atoms with Crippen LogP contribution in [0.15, 0.2) is 65.1 Å². The van der Waals surface area contributed by atoms with Gasteiger partial charge in [-0.15, -0.1) is 0 Å². The average Bonchev–Trinajstić information content (AvgIpc) is 2.77. The van der Waals surface area contributed by atoms with Gasteiger partial charge in [0, 0.05) is 16.6 Å². The SMILES string of the molecule is COc1cc(C=C(C#N)c2cccc(F)c2)c(Br)cc1OCc1cccc([N+](=O)[O-])c1. The first-order valence-electron chi connectivity index (χ1n) is 9.02. The minimum absolute atomic E-state index is 0.0175. The molecule has 0 atom stereocenters. The molecular formula is C23H16BrFN2O4. The van der Waals surface area contributed by atoms with Crippen molar-refractivity contribution < 1.29 is 18.8 Å². The summed E-state index contributed by atoms with van der Waals surface area (Å²) in [4.78, 5) is 10.5. The van der Waals surface area contributed by atoms with E-state index in [1.165, 1.54) is 37.4 Å². The predicted molar refractivity (Wildman–Crippen MR) is 118 cm³/mol.